The molecule has 0 bridgehead atoms. The lowest BCUT2D eigenvalue weighted by molar-refractivity contribution is -0.137. The summed E-state index contributed by atoms with van der Waals surface area (Å²) >= 11 is 0. The maximum absolute atomic E-state index is 10.6. The van der Waals surface area contributed by atoms with Gasteiger partial charge < -0.3 is 5.11 Å². The predicted molar refractivity (Wildman–Crippen MR) is 198 cm³/mol. The lowest BCUT2D eigenvalue weighted by Crippen LogP contribution is -1.93. The summed E-state index contributed by atoms with van der Waals surface area (Å²) in [5.41, 5.74) is 3.45. The highest BCUT2D eigenvalue weighted by Crippen LogP contribution is 2.21. The van der Waals surface area contributed by atoms with Crippen molar-refractivity contribution < 1.29 is 9.90 Å². The fourth-order valence-corrected chi connectivity index (χ4v) is 6.13. The monoisotopic (exact) mass is 615 g/mol. The van der Waals surface area contributed by atoms with Crippen LogP contribution >= 0.6 is 0 Å². The number of carbonyl (C=O) groups is 1. The van der Waals surface area contributed by atoms with Gasteiger partial charge in [0.05, 0.1) is 0 Å². The molecule has 44 heavy (non-hydrogen) atoms. The molecule has 0 aromatic carbocycles. The molecule has 2 nitrogen and oxygen atoms in total. The normalized spacial score (nSPS) is 12.5. The fraction of sp³-hybridized carbons (Fsp3) is 0.833. The molecule has 0 saturated heterocycles. The number of rotatable bonds is 35. The number of carboxylic acids is 1. The Morgan fingerprint density at radius 2 is 0.705 bits per heavy atom. The van der Waals surface area contributed by atoms with Crippen LogP contribution in [0.4, 0.5) is 0 Å². The molecule has 0 aliphatic heterocycles. The Morgan fingerprint density at radius 3 is 1.11 bits per heavy atom. The van der Waals surface area contributed by atoms with Crippen molar-refractivity contribution in [3.05, 3.63) is 35.5 Å². The number of aliphatic carboxylic acids is 1. The van der Waals surface area contributed by atoms with Crippen LogP contribution in [0, 0.1) is 0 Å². The smallest absolute Gasteiger partial charge is 0.303 e. The molecule has 2 heteroatoms. The molecule has 0 radical (unpaired) electrons. The van der Waals surface area contributed by atoms with E-state index in [0.717, 1.165) is 12.8 Å². The number of hydrogen-bond donors (Lipinski definition) is 1. The predicted octanol–water partition coefficient (Wildman–Crippen LogP) is 15.0. The number of carboxylic acid groups (broad SMARTS) is 1. The Morgan fingerprint density at radius 1 is 0.386 bits per heavy atom. The van der Waals surface area contributed by atoms with E-state index in [-0.39, 0.29) is 0 Å². The van der Waals surface area contributed by atoms with E-state index in [0.29, 0.717) is 6.42 Å². The third-order valence-corrected chi connectivity index (χ3v) is 9.13. The highest BCUT2D eigenvalue weighted by atomic mass is 16.4. The van der Waals surface area contributed by atoms with Gasteiger partial charge in [-0.05, 0) is 109 Å². The van der Waals surface area contributed by atoms with E-state index < -0.39 is 5.97 Å². The molecule has 0 aliphatic carbocycles. The average molecular weight is 615 g/mol. The average Bonchev–Trinajstić information content (AvgIpc) is 3.02. The second kappa shape index (κ2) is 36.2. The first kappa shape index (κ1) is 42.7. The summed E-state index contributed by atoms with van der Waals surface area (Å²) in [6, 6.07) is 0. The highest BCUT2D eigenvalue weighted by molar-refractivity contribution is 5.66. The van der Waals surface area contributed by atoms with Gasteiger partial charge in [0.15, 0.2) is 0 Å². The van der Waals surface area contributed by atoms with Crippen LogP contribution < -0.4 is 0 Å². The summed E-state index contributed by atoms with van der Waals surface area (Å²) in [5.74, 6) is -0.657. The third-order valence-electron chi connectivity index (χ3n) is 9.13. The van der Waals surface area contributed by atoms with Gasteiger partial charge in [0, 0.05) is 6.42 Å². The zero-order valence-corrected chi connectivity index (χ0v) is 30.3. The van der Waals surface area contributed by atoms with Gasteiger partial charge in [-0.1, -0.05) is 146 Å². The molecule has 0 aliphatic rings. The van der Waals surface area contributed by atoms with Gasteiger partial charge in [-0.3, -0.25) is 4.79 Å². The molecule has 0 unspecified atom stereocenters. The molecular weight excluding hydrogens is 536 g/mol. The molecule has 0 aromatic heterocycles. The van der Waals surface area contributed by atoms with Gasteiger partial charge in [-0.15, -0.1) is 0 Å². The van der Waals surface area contributed by atoms with E-state index in [4.69, 9.17) is 5.11 Å². The summed E-state index contributed by atoms with van der Waals surface area (Å²) in [7, 11) is 0. The van der Waals surface area contributed by atoms with Gasteiger partial charge in [0.1, 0.15) is 0 Å². The lowest BCUT2D eigenvalue weighted by atomic mass is 9.98. The minimum absolute atomic E-state index is 0.329. The Labute approximate surface area is 277 Å². The topological polar surface area (TPSA) is 37.3 Å². The third kappa shape index (κ3) is 33.6. The van der Waals surface area contributed by atoms with Crippen molar-refractivity contribution >= 4 is 5.97 Å². The van der Waals surface area contributed by atoms with Crippen molar-refractivity contribution in [2.24, 2.45) is 0 Å². The van der Waals surface area contributed by atoms with Crippen molar-refractivity contribution in [1.82, 2.24) is 0 Å². The summed E-state index contributed by atoms with van der Waals surface area (Å²) in [6.07, 6.45) is 50.9. The number of allylic oxidation sites excluding steroid dienone is 6. The number of hydrogen-bond acceptors (Lipinski definition) is 1. The van der Waals surface area contributed by atoms with E-state index in [1.165, 1.54) is 186 Å². The minimum Gasteiger partial charge on any atom is -0.481 e. The van der Waals surface area contributed by atoms with E-state index in [2.05, 4.69) is 45.1 Å². The second-order valence-corrected chi connectivity index (χ2v) is 13.6. The molecule has 0 fully saturated rings. The van der Waals surface area contributed by atoms with E-state index >= 15 is 0 Å². The maximum atomic E-state index is 10.6. The van der Waals surface area contributed by atoms with E-state index in [1.54, 1.807) is 11.1 Å². The second-order valence-electron chi connectivity index (χ2n) is 13.6. The largest absolute Gasteiger partial charge is 0.481 e. The van der Waals surface area contributed by atoms with E-state index in [9.17, 15) is 4.79 Å². The Hall–Kier alpha value is -1.31. The highest BCUT2D eigenvalue weighted by Gasteiger charge is 2.01. The molecular formula is C42H78O2. The quantitative estimate of drug-likeness (QED) is 0.0569. The van der Waals surface area contributed by atoms with Crippen LogP contribution in [0.25, 0.3) is 0 Å². The number of unbranched alkanes of at least 4 members (excludes halogenated alkanes) is 21. The molecule has 0 saturated carbocycles. The molecule has 0 atom stereocenters. The zero-order chi connectivity index (χ0) is 32.2. The molecule has 0 heterocycles. The zero-order valence-electron chi connectivity index (χ0n) is 30.3. The van der Waals surface area contributed by atoms with Crippen molar-refractivity contribution in [3.63, 3.8) is 0 Å². The molecule has 1 N–H and O–H groups in total. The van der Waals surface area contributed by atoms with Gasteiger partial charge >= 0.3 is 5.97 Å². The summed E-state index contributed by atoms with van der Waals surface area (Å²) in [4.78, 5) is 10.6. The van der Waals surface area contributed by atoms with Crippen LogP contribution in [-0.4, -0.2) is 11.1 Å². The first-order valence-corrected chi connectivity index (χ1v) is 19.9. The summed E-state index contributed by atoms with van der Waals surface area (Å²) in [6.45, 7) is 6.92. The van der Waals surface area contributed by atoms with Crippen LogP contribution in [0.5, 0.6) is 0 Å². The van der Waals surface area contributed by atoms with Crippen LogP contribution in [0.1, 0.15) is 226 Å². The van der Waals surface area contributed by atoms with Gasteiger partial charge in [0.2, 0.25) is 0 Å². The first-order chi connectivity index (χ1) is 21.6. The van der Waals surface area contributed by atoms with Crippen molar-refractivity contribution in [3.8, 4) is 0 Å². The van der Waals surface area contributed by atoms with Crippen LogP contribution in [0.15, 0.2) is 35.5 Å². The Balaban J connectivity index is 4.01. The molecule has 0 rings (SSSR count). The fourth-order valence-electron chi connectivity index (χ4n) is 6.13. The van der Waals surface area contributed by atoms with Crippen LogP contribution in [0.2, 0.25) is 0 Å². The van der Waals surface area contributed by atoms with Crippen molar-refractivity contribution in [1.29, 1.82) is 0 Å². The van der Waals surface area contributed by atoms with Crippen molar-refractivity contribution in [2.75, 3.05) is 0 Å². The molecule has 0 aromatic rings. The molecule has 258 valence electrons. The van der Waals surface area contributed by atoms with Crippen LogP contribution in [0.3, 0.4) is 0 Å². The Kier molecular flexibility index (Phi) is 35.1. The van der Waals surface area contributed by atoms with Gasteiger partial charge in [-0.2, -0.15) is 0 Å². The van der Waals surface area contributed by atoms with Gasteiger partial charge in [-0.25, -0.2) is 0 Å². The van der Waals surface area contributed by atoms with Crippen molar-refractivity contribution in [2.45, 2.75) is 226 Å². The molecule has 0 amide bonds. The summed E-state index contributed by atoms with van der Waals surface area (Å²) in [5, 5.41) is 8.75. The standard InChI is InChI=1S/C42H78O2/c1-4-7-10-11-12-13-14-15-16-17-18-19-23-28-35-40(33-8-5-2)37-30-25-22-26-31-38-41(34-9-6-3)36-29-24-20-21-27-32-39-42(43)44/h15-16,36-37H,4-14,17-35,38-39H2,1-3H3,(H,43,44)/b16-15+,40-37-,41-36-. The van der Waals surface area contributed by atoms with Gasteiger partial charge in [0.25, 0.3) is 0 Å². The SMILES string of the molecule is CCCCCCCC/C=C/CCCCCC/C(=C\CCCCCC/C(=C\CCCCCCCC(=O)O)CCCC)CCCC. The minimum atomic E-state index is -0.657. The van der Waals surface area contributed by atoms with Crippen LogP contribution in [-0.2, 0) is 4.79 Å². The first-order valence-electron chi connectivity index (χ1n) is 19.9. The molecule has 0 spiro atoms. The Bertz CT molecular complexity index is 686. The maximum Gasteiger partial charge on any atom is 0.303 e. The van der Waals surface area contributed by atoms with E-state index in [1.807, 2.05) is 0 Å². The lowest BCUT2D eigenvalue weighted by Gasteiger charge is -2.09. The summed E-state index contributed by atoms with van der Waals surface area (Å²) < 4.78 is 0.